The highest BCUT2D eigenvalue weighted by atomic mass is 15.2. The van der Waals surface area contributed by atoms with Crippen molar-refractivity contribution in [1.82, 2.24) is 4.90 Å². The third-order valence-corrected chi connectivity index (χ3v) is 5.26. The van der Waals surface area contributed by atoms with Gasteiger partial charge in [0, 0.05) is 12.0 Å². The van der Waals surface area contributed by atoms with Crippen LogP contribution in [0.5, 0.6) is 0 Å². The Morgan fingerprint density at radius 1 is 1.00 bits per heavy atom. The van der Waals surface area contributed by atoms with Gasteiger partial charge in [0.05, 0.1) is 6.07 Å². The Balaban J connectivity index is 2.20. The van der Waals surface area contributed by atoms with Crippen LogP contribution in [-0.4, -0.2) is 24.5 Å². The Morgan fingerprint density at radius 2 is 1.50 bits per heavy atom. The first kappa shape index (κ1) is 14.8. The van der Waals surface area contributed by atoms with Gasteiger partial charge in [-0.2, -0.15) is 5.26 Å². The number of nitrogens with zero attached hydrogens (tertiary/aromatic N) is 2. The van der Waals surface area contributed by atoms with Gasteiger partial charge in [0.2, 0.25) is 0 Å². The topological polar surface area (TPSA) is 27.0 Å². The molecule has 0 unspecified atom stereocenters. The molecular weight excluding hydrogens is 268 g/mol. The summed E-state index contributed by atoms with van der Waals surface area (Å²) in [4.78, 5) is 2.36. The van der Waals surface area contributed by atoms with E-state index in [1.807, 2.05) is 36.4 Å². The molecule has 1 fully saturated rings. The second-order valence-corrected chi connectivity index (χ2v) is 6.27. The van der Waals surface area contributed by atoms with E-state index < -0.39 is 5.41 Å². The zero-order valence-corrected chi connectivity index (χ0v) is 13.2. The van der Waals surface area contributed by atoms with Crippen LogP contribution in [0.2, 0.25) is 0 Å². The molecule has 0 saturated carbocycles. The monoisotopic (exact) mass is 290 g/mol. The fraction of sp³-hybridized carbons (Fsp3) is 0.350. The lowest BCUT2D eigenvalue weighted by Crippen LogP contribution is -2.41. The van der Waals surface area contributed by atoms with Crippen LogP contribution in [0, 0.1) is 17.2 Å². The van der Waals surface area contributed by atoms with Crippen molar-refractivity contribution in [3.8, 4) is 6.07 Å². The number of likely N-dealkylation sites (tertiary alicyclic amines) is 1. The van der Waals surface area contributed by atoms with Gasteiger partial charge in [0.1, 0.15) is 5.41 Å². The lowest BCUT2D eigenvalue weighted by atomic mass is 9.64. The van der Waals surface area contributed by atoms with Gasteiger partial charge in [-0.25, -0.2) is 0 Å². The van der Waals surface area contributed by atoms with Crippen molar-refractivity contribution in [2.75, 3.05) is 13.6 Å². The third kappa shape index (κ3) is 2.23. The zero-order valence-electron chi connectivity index (χ0n) is 13.2. The molecular formula is C20H22N2. The fourth-order valence-corrected chi connectivity index (χ4v) is 3.88. The molecule has 0 aromatic heterocycles. The van der Waals surface area contributed by atoms with Gasteiger partial charge >= 0.3 is 0 Å². The normalized spacial score (nSPS) is 22.4. The van der Waals surface area contributed by atoms with Gasteiger partial charge in [-0.1, -0.05) is 60.7 Å². The molecule has 22 heavy (non-hydrogen) atoms. The third-order valence-electron chi connectivity index (χ3n) is 5.26. The molecule has 3 rings (SSSR count). The summed E-state index contributed by atoms with van der Waals surface area (Å²) in [5.41, 5.74) is 1.64. The number of benzene rings is 2. The summed E-state index contributed by atoms with van der Waals surface area (Å²) in [5.74, 6) is 0.298. The second kappa shape index (κ2) is 5.94. The van der Waals surface area contributed by atoms with Crippen molar-refractivity contribution in [3.63, 3.8) is 0 Å². The standard InChI is InChI=1S/C20H22N2/c1-16-19(13-14-22(16)2)20(15-21,17-9-5-3-6-10-17)18-11-7-4-8-12-18/h3-12,16,19H,13-14H2,1-2H3/t16-,19-/m0/s1. The van der Waals surface area contributed by atoms with E-state index in [4.69, 9.17) is 0 Å². The molecule has 0 N–H and O–H groups in total. The maximum Gasteiger partial charge on any atom is 0.111 e. The molecule has 1 aliphatic rings. The highest BCUT2D eigenvalue weighted by Gasteiger charge is 2.48. The molecule has 0 radical (unpaired) electrons. The lowest BCUT2D eigenvalue weighted by Gasteiger charge is -2.37. The van der Waals surface area contributed by atoms with Gasteiger partial charge in [-0.3, -0.25) is 0 Å². The maximum absolute atomic E-state index is 10.3. The molecule has 0 bridgehead atoms. The van der Waals surface area contributed by atoms with E-state index in [0.29, 0.717) is 12.0 Å². The second-order valence-electron chi connectivity index (χ2n) is 6.27. The van der Waals surface area contributed by atoms with E-state index in [-0.39, 0.29) is 0 Å². The van der Waals surface area contributed by atoms with Crippen LogP contribution in [0.1, 0.15) is 24.5 Å². The van der Waals surface area contributed by atoms with Crippen LogP contribution in [0.4, 0.5) is 0 Å². The van der Waals surface area contributed by atoms with Crippen LogP contribution in [0.15, 0.2) is 60.7 Å². The van der Waals surface area contributed by atoms with Crippen molar-refractivity contribution in [3.05, 3.63) is 71.8 Å². The largest absolute Gasteiger partial charge is 0.303 e. The van der Waals surface area contributed by atoms with Crippen molar-refractivity contribution in [1.29, 1.82) is 5.26 Å². The van der Waals surface area contributed by atoms with Crippen molar-refractivity contribution >= 4 is 0 Å². The van der Waals surface area contributed by atoms with E-state index >= 15 is 0 Å². The Morgan fingerprint density at radius 3 is 1.86 bits per heavy atom. The van der Waals surface area contributed by atoms with Gasteiger partial charge in [0.15, 0.2) is 0 Å². The minimum atomic E-state index is -0.577. The molecule has 0 amide bonds. The van der Waals surface area contributed by atoms with Gasteiger partial charge in [-0.15, -0.1) is 0 Å². The first-order valence-corrected chi connectivity index (χ1v) is 7.92. The van der Waals surface area contributed by atoms with Crippen molar-refractivity contribution in [2.45, 2.75) is 24.8 Å². The molecule has 1 heterocycles. The molecule has 2 atom stereocenters. The summed E-state index contributed by atoms with van der Waals surface area (Å²) in [6.07, 6.45) is 1.05. The summed E-state index contributed by atoms with van der Waals surface area (Å²) in [5, 5.41) is 10.3. The number of hydrogen-bond donors (Lipinski definition) is 0. The van der Waals surface area contributed by atoms with E-state index in [9.17, 15) is 5.26 Å². The van der Waals surface area contributed by atoms with Gasteiger partial charge < -0.3 is 4.90 Å². The van der Waals surface area contributed by atoms with Crippen molar-refractivity contribution in [2.24, 2.45) is 5.92 Å². The molecule has 0 aliphatic carbocycles. The predicted octanol–water partition coefficient (Wildman–Crippen LogP) is 3.84. The van der Waals surface area contributed by atoms with Crippen LogP contribution in [0.3, 0.4) is 0 Å². The lowest BCUT2D eigenvalue weighted by molar-refractivity contribution is 0.258. The fourth-order valence-electron chi connectivity index (χ4n) is 3.88. The van der Waals surface area contributed by atoms with Crippen LogP contribution < -0.4 is 0 Å². The Hall–Kier alpha value is -2.11. The molecule has 112 valence electrons. The minimum absolute atomic E-state index is 0.298. The summed E-state index contributed by atoms with van der Waals surface area (Å²) >= 11 is 0. The number of hydrogen-bond acceptors (Lipinski definition) is 2. The minimum Gasteiger partial charge on any atom is -0.303 e. The van der Waals surface area contributed by atoms with E-state index in [2.05, 4.69) is 49.2 Å². The number of rotatable bonds is 3. The molecule has 2 nitrogen and oxygen atoms in total. The Bertz CT molecular complexity index is 618. The highest BCUT2D eigenvalue weighted by Crippen LogP contribution is 2.45. The summed E-state index contributed by atoms with van der Waals surface area (Å²) in [6, 6.07) is 23.7. The maximum atomic E-state index is 10.3. The molecule has 2 aromatic carbocycles. The van der Waals surface area contributed by atoms with Crippen LogP contribution in [-0.2, 0) is 5.41 Å². The predicted molar refractivity (Wildman–Crippen MR) is 89.5 cm³/mol. The molecule has 1 aliphatic heterocycles. The Labute approximate surface area is 133 Å². The summed E-state index contributed by atoms with van der Waals surface area (Å²) in [7, 11) is 2.16. The van der Waals surface area contributed by atoms with Crippen molar-refractivity contribution < 1.29 is 0 Å². The first-order valence-electron chi connectivity index (χ1n) is 7.92. The zero-order chi connectivity index (χ0) is 15.6. The molecule has 1 saturated heterocycles. The average Bonchev–Trinajstić information content (AvgIpc) is 2.91. The van der Waals surface area contributed by atoms with Crippen LogP contribution in [0.25, 0.3) is 0 Å². The smallest absolute Gasteiger partial charge is 0.111 e. The van der Waals surface area contributed by atoms with Gasteiger partial charge in [0.25, 0.3) is 0 Å². The van der Waals surface area contributed by atoms with E-state index in [1.54, 1.807) is 0 Å². The first-order chi connectivity index (χ1) is 10.7. The molecule has 0 spiro atoms. The van der Waals surface area contributed by atoms with Gasteiger partial charge in [-0.05, 0) is 38.1 Å². The SMILES string of the molecule is C[C@H]1[C@@H](C(C#N)(c2ccccc2)c2ccccc2)CCN1C. The van der Waals surface area contributed by atoms with Crippen LogP contribution >= 0.6 is 0 Å². The summed E-state index contributed by atoms with van der Waals surface area (Å²) in [6.45, 7) is 3.30. The average molecular weight is 290 g/mol. The quantitative estimate of drug-likeness (QED) is 0.859. The molecule has 2 aromatic rings. The van der Waals surface area contributed by atoms with E-state index in [0.717, 1.165) is 24.1 Å². The Kier molecular flexibility index (Phi) is 4.00. The summed E-state index contributed by atoms with van der Waals surface area (Å²) < 4.78 is 0. The van der Waals surface area contributed by atoms with E-state index in [1.165, 1.54) is 0 Å². The number of nitriles is 1. The highest BCUT2D eigenvalue weighted by molar-refractivity contribution is 5.47. The molecule has 2 heteroatoms.